The minimum absolute atomic E-state index is 0.00709. The topological polar surface area (TPSA) is 66.9 Å². The number of carbonyl (C=O) groups is 1. The highest BCUT2D eigenvalue weighted by molar-refractivity contribution is 8.02. The summed E-state index contributed by atoms with van der Waals surface area (Å²) in [6.07, 6.45) is 0.873. The van der Waals surface area contributed by atoms with Gasteiger partial charge in [0.2, 0.25) is 11.0 Å². The normalized spacial score (nSPS) is 20.9. The van der Waals surface area contributed by atoms with E-state index in [1.807, 2.05) is 0 Å². The van der Waals surface area contributed by atoms with Gasteiger partial charge in [0, 0.05) is 13.6 Å². The van der Waals surface area contributed by atoms with Gasteiger partial charge in [-0.1, -0.05) is 23.1 Å². The molecule has 1 unspecified atom stereocenters. The van der Waals surface area contributed by atoms with E-state index in [4.69, 9.17) is 0 Å². The van der Waals surface area contributed by atoms with E-state index in [-0.39, 0.29) is 11.2 Å². The number of thioether (sulfide) groups is 1. The zero-order chi connectivity index (χ0) is 9.97. The molecule has 2 heterocycles. The number of rotatable bonds is 3. The Hall–Kier alpha value is -0.820. The summed E-state index contributed by atoms with van der Waals surface area (Å²) in [6, 6.07) is 0. The van der Waals surface area contributed by atoms with E-state index < -0.39 is 0 Å². The lowest BCUT2D eigenvalue weighted by Crippen LogP contribution is -2.20. The van der Waals surface area contributed by atoms with Crippen LogP contribution in [0.5, 0.6) is 0 Å². The van der Waals surface area contributed by atoms with Gasteiger partial charge in [-0.15, -0.1) is 10.2 Å². The number of nitrogens with zero attached hydrogens (tertiary/aromatic N) is 2. The van der Waals surface area contributed by atoms with Crippen molar-refractivity contribution in [3.8, 4) is 0 Å². The van der Waals surface area contributed by atoms with Crippen LogP contribution in [0.4, 0.5) is 5.13 Å². The molecule has 2 rings (SSSR count). The second kappa shape index (κ2) is 4.14. The smallest absolute Gasteiger partial charge is 0.233 e. The average molecular weight is 230 g/mol. The molecule has 1 aromatic rings. The van der Waals surface area contributed by atoms with E-state index in [2.05, 4.69) is 20.8 Å². The van der Waals surface area contributed by atoms with Crippen molar-refractivity contribution in [2.24, 2.45) is 0 Å². The van der Waals surface area contributed by atoms with Gasteiger partial charge in [0.1, 0.15) is 0 Å². The van der Waals surface area contributed by atoms with Crippen LogP contribution in [-0.4, -0.2) is 34.9 Å². The fourth-order valence-corrected chi connectivity index (χ4v) is 3.13. The maximum Gasteiger partial charge on any atom is 0.233 e. The van der Waals surface area contributed by atoms with Crippen LogP contribution in [0.15, 0.2) is 4.34 Å². The molecule has 7 heteroatoms. The van der Waals surface area contributed by atoms with Crippen LogP contribution in [0.25, 0.3) is 0 Å². The Morgan fingerprint density at radius 2 is 2.50 bits per heavy atom. The van der Waals surface area contributed by atoms with Crippen molar-refractivity contribution in [3.63, 3.8) is 0 Å². The molecule has 0 bridgehead atoms. The van der Waals surface area contributed by atoms with Gasteiger partial charge >= 0.3 is 0 Å². The van der Waals surface area contributed by atoms with Crippen LogP contribution in [-0.2, 0) is 4.79 Å². The fraction of sp³-hybridized carbons (Fsp3) is 0.571. The lowest BCUT2D eigenvalue weighted by molar-refractivity contribution is -0.118. The first-order valence-electron chi connectivity index (χ1n) is 4.25. The van der Waals surface area contributed by atoms with Crippen LogP contribution in [0, 0.1) is 0 Å². The number of amides is 1. The maximum absolute atomic E-state index is 11.3. The van der Waals surface area contributed by atoms with E-state index in [0.717, 1.165) is 22.4 Å². The number of hydrogen-bond acceptors (Lipinski definition) is 6. The predicted octanol–water partition coefficient (Wildman–Crippen LogP) is 0.560. The fourth-order valence-electron chi connectivity index (χ4n) is 1.16. The third kappa shape index (κ3) is 1.98. The molecule has 1 amide bonds. The SMILES string of the molecule is CNc1nnc(SC2CCNC2=O)s1. The second-order valence-corrected chi connectivity index (χ2v) is 5.24. The summed E-state index contributed by atoms with van der Waals surface area (Å²) in [4.78, 5) is 11.3. The largest absolute Gasteiger partial charge is 0.363 e. The van der Waals surface area contributed by atoms with E-state index in [1.54, 1.807) is 7.05 Å². The van der Waals surface area contributed by atoms with Crippen LogP contribution in [0.2, 0.25) is 0 Å². The van der Waals surface area contributed by atoms with Crippen molar-refractivity contribution in [2.75, 3.05) is 18.9 Å². The van der Waals surface area contributed by atoms with Crippen molar-refractivity contribution >= 4 is 34.1 Å². The zero-order valence-corrected chi connectivity index (χ0v) is 9.24. The molecule has 0 aromatic carbocycles. The van der Waals surface area contributed by atoms with Crippen molar-refractivity contribution < 1.29 is 4.79 Å². The van der Waals surface area contributed by atoms with Crippen LogP contribution in [0.3, 0.4) is 0 Å². The summed E-state index contributed by atoms with van der Waals surface area (Å²) in [6.45, 7) is 0.772. The predicted molar refractivity (Wildman–Crippen MR) is 56.7 cm³/mol. The van der Waals surface area contributed by atoms with Gasteiger partial charge in [-0.25, -0.2) is 0 Å². The monoisotopic (exact) mass is 230 g/mol. The average Bonchev–Trinajstić information content (AvgIpc) is 2.77. The summed E-state index contributed by atoms with van der Waals surface area (Å²) in [5.41, 5.74) is 0. The molecular formula is C7H10N4OS2. The third-order valence-corrected chi connectivity index (χ3v) is 4.15. The molecule has 1 aliphatic rings. The highest BCUT2D eigenvalue weighted by Gasteiger charge is 2.26. The Bertz CT molecular complexity index is 340. The molecule has 5 nitrogen and oxygen atoms in total. The molecule has 14 heavy (non-hydrogen) atoms. The number of aromatic nitrogens is 2. The van der Waals surface area contributed by atoms with Crippen LogP contribution < -0.4 is 10.6 Å². The number of nitrogens with one attached hydrogen (secondary N) is 2. The van der Waals surface area contributed by atoms with Gasteiger partial charge in [-0.05, 0) is 6.42 Å². The Balaban J connectivity index is 1.99. The molecular weight excluding hydrogens is 220 g/mol. The van der Waals surface area contributed by atoms with Crippen LogP contribution >= 0.6 is 23.1 Å². The lowest BCUT2D eigenvalue weighted by Gasteiger charge is -2.00. The molecule has 2 N–H and O–H groups in total. The second-order valence-electron chi connectivity index (χ2n) is 2.81. The summed E-state index contributed by atoms with van der Waals surface area (Å²) >= 11 is 2.96. The number of carbonyl (C=O) groups excluding carboxylic acids is 1. The molecule has 1 fully saturated rings. The molecule has 0 aliphatic carbocycles. The number of hydrogen-bond donors (Lipinski definition) is 2. The molecule has 1 saturated heterocycles. The third-order valence-electron chi connectivity index (χ3n) is 1.86. The van der Waals surface area contributed by atoms with E-state index >= 15 is 0 Å². The van der Waals surface area contributed by atoms with Gasteiger partial charge < -0.3 is 10.6 Å². The quantitative estimate of drug-likeness (QED) is 0.794. The van der Waals surface area contributed by atoms with Gasteiger partial charge in [-0.3, -0.25) is 4.79 Å². The minimum atomic E-state index is 0.00709. The summed E-state index contributed by atoms with van der Waals surface area (Å²) in [5, 5.41) is 14.4. The van der Waals surface area contributed by atoms with E-state index in [0.29, 0.717) is 0 Å². The first kappa shape index (κ1) is 9.72. The molecule has 0 radical (unpaired) electrons. The Kier molecular flexibility index (Phi) is 2.87. The highest BCUT2D eigenvalue weighted by Crippen LogP contribution is 2.31. The zero-order valence-electron chi connectivity index (χ0n) is 7.61. The molecule has 1 atom stereocenters. The Morgan fingerprint density at radius 1 is 1.64 bits per heavy atom. The van der Waals surface area contributed by atoms with Crippen molar-refractivity contribution in [1.82, 2.24) is 15.5 Å². The first-order valence-corrected chi connectivity index (χ1v) is 5.95. The van der Waals surface area contributed by atoms with Gasteiger partial charge in [-0.2, -0.15) is 0 Å². The van der Waals surface area contributed by atoms with Crippen LogP contribution in [0.1, 0.15) is 6.42 Å². The van der Waals surface area contributed by atoms with E-state index in [1.165, 1.54) is 23.1 Å². The lowest BCUT2D eigenvalue weighted by atomic mass is 10.4. The van der Waals surface area contributed by atoms with E-state index in [9.17, 15) is 4.79 Å². The summed E-state index contributed by atoms with van der Waals surface area (Å²) < 4.78 is 0.844. The summed E-state index contributed by atoms with van der Waals surface area (Å²) in [5.74, 6) is 0.108. The molecule has 0 spiro atoms. The van der Waals surface area contributed by atoms with Gasteiger partial charge in [0.05, 0.1) is 5.25 Å². The number of anilines is 1. The Labute approximate surface area is 89.7 Å². The molecule has 1 aliphatic heterocycles. The molecule has 0 saturated carbocycles. The van der Waals surface area contributed by atoms with Gasteiger partial charge in [0.25, 0.3) is 0 Å². The minimum Gasteiger partial charge on any atom is -0.363 e. The summed E-state index contributed by atoms with van der Waals surface area (Å²) in [7, 11) is 1.80. The Morgan fingerprint density at radius 3 is 3.07 bits per heavy atom. The van der Waals surface area contributed by atoms with Crippen molar-refractivity contribution in [3.05, 3.63) is 0 Å². The first-order chi connectivity index (χ1) is 6.79. The standard InChI is InChI=1S/C7H10N4OS2/c1-8-6-10-11-7(14-6)13-4-2-3-9-5(4)12/h4H,2-3H2,1H3,(H,8,10)(H,9,12). The highest BCUT2D eigenvalue weighted by atomic mass is 32.2. The molecule has 76 valence electrons. The van der Waals surface area contributed by atoms with Crippen molar-refractivity contribution in [2.45, 2.75) is 16.0 Å². The van der Waals surface area contributed by atoms with Crippen molar-refractivity contribution in [1.29, 1.82) is 0 Å². The van der Waals surface area contributed by atoms with Gasteiger partial charge in [0.15, 0.2) is 4.34 Å². The molecule has 1 aromatic heterocycles. The maximum atomic E-state index is 11.3.